The molecule has 3 atom stereocenters. The number of hydrogen-bond acceptors (Lipinski definition) is 7. The number of ketones is 1. The van der Waals surface area contributed by atoms with Gasteiger partial charge in [0.05, 0.1) is 18.6 Å². The summed E-state index contributed by atoms with van der Waals surface area (Å²) >= 11 is 0. The maximum Gasteiger partial charge on any atom is 0.416 e. The van der Waals surface area contributed by atoms with Gasteiger partial charge in [0.15, 0.2) is 17.2 Å². The van der Waals surface area contributed by atoms with Crippen molar-refractivity contribution in [2.45, 2.75) is 45.4 Å². The lowest BCUT2D eigenvalue weighted by Crippen LogP contribution is -2.28. The molecule has 0 fully saturated rings. The zero-order valence-electron chi connectivity index (χ0n) is 21.8. The van der Waals surface area contributed by atoms with Crippen LogP contribution in [-0.4, -0.2) is 35.9 Å². The first-order chi connectivity index (χ1) is 18.4. The topological polar surface area (TPSA) is 91.8 Å². The van der Waals surface area contributed by atoms with Gasteiger partial charge in [0, 0.05) is 31.5 Å². The number of nitrogens with zero attached hydrogens (tertiary/aromatic N) is 1. The monoisotopic (exact) mass is 543 g/mol. The largest absolute Gasteiger partial charge is 0.493 e. The van der Waals surface area contributed by atoms with E-state index in [-0.39, 0.29) is 23.6 Å². The smallest absolute Gasteiger partial charge is 0.416 e. The van der Waals surface area contributed by atoms with E-state index < -0.39 is 47.4 Å². The lowest BCUT2D eigenvalue weighted by Gasteiger charge is -2.26. The van der Waals surface area contributed by atoms with Crippen molar-refractivity contribution in [2.75, 3.05) is 7.11 Å². The molecule has 0 radical (unpaired) electrons. The van der Waals surface area contributed by atoms with E-state index in [9.17, 15) is 27.6 Å². The van der Waals surface area contributed by atoms with Crippen molar-refractivity contribution >= 4 is 17.7 Å². The predicted molar refractivity (Wildman–Crippen MR) is 135 cm³/mol. The number of carbonyl (C=O) groups excluding carboxylic acids is 3. The fourth-order valence-corrected chi connectivity index (χ4v) is 4.13. The lowest BCUT2D eigenvalue weighted by molar-refractivity contribution is -0.153. The van der Waals surface area contributed by atoms with Crippen molar-refractivity contribution in [1.29, 1.82) is 0 Å². The second-order valence-corrected chi connectivity index (χ2v) is 8.96. The molecule has 3 rings (SSSR count). The number of aromatic nitrogens is 1. The summed E-state index contributed by atoms with van der Waals surface area (Å²) in [5, 5.41) is 0. The minimum absolute atomic E-state index is 0.134. The predicted octanol–water partition coefficient (Wildman–Crippen LogP) is 6.01. The number of rotatable bonds is 10. The molecule has 3 aromatic rings. The molecule has 0 spiro atoms. The van der Waals surface area contributed by atoms with Crippen LogP contribution < -0.4 is 9.47 Å². The molecule has 206 valence electrons. The summed E-state index contributed by atoms with van der Waals surface area (Å²) in [5.74, 6) is -3.39. The Bertz CT molecular complexity index is 1310. The van der Waals surface area contributed by atoms with E-state index in [0.29, 0.717) is 5.56 Å². The molecular formula is C29H28F3NO6. The van der Waals surface area contributed by atoms with Gasteiger partial charge in [0.1, 0.15) is 6.10 Å². The SMILES string of the molecule is COc1ccnc(C(=O)C[C@@H](C)C(=O)O[C@@H](C)[C@@H](c2ccccc2)c2ccc(C(F)(F)F)cc2)c1OC(C)=O. The van der Waals surface area contributed by atoms with Crippen LogP contribution in [0.3, 0.4) is 0 Å². The summed E-state index contributed by atoms with van der Waals surface area (Å²) in [6, 6.07) is 15.1. The average molecular weight is 544 g/mol. The van der Waals surface area contributed by atoms with E-state index in [1.54, 1.807) is 37.3 Å². The van der Waals surface area contributed by atoms with Crippen molar-refractivity contribution < 1.29 is 41.8 Å². The van der Waals surface area contributed by atoms with Crippen molar-refractivity contribution in [3.8, 4) is 11.5 Å². The maximum atomic E-state index is 13.1. The summed E-state index contributed by atoms with van der Waals surface area (Å²) in [5.41, 5.74) is 0.330. The van der Waals surface area contributed by atoms with Crippen LogP contribution in [0.25, 0.3) is 0 Å². The van der Waals surface area contributed by atoms with Crippen LogP contribution in [-0.2, 0) is 20.5 Å². The quantitative estimate of drug-likeness (QED) is 0.229. The molecule has 0 aliphatic heterocycles. The lowest BCUT2D eigenvalue weighted by atomic mass is 9.86. The fourth-order valence-electron chi connectivity index (χ4n) is 4.13. The Morgan fingerprint density at radius 3 is 2.10 bits per heavy atom. The van der Waals surface area contributed by atoms with Crippen molar-refractivity contribution in [3.05, 3.63) is 89.2 Å². The Morgan fingerprint density at radius 2 is 1.54 bits per heavy atom. The molecule has 0 unspecified atom stereocenters. The van der Waals surface area contributed by atoms with Gasteiger partial charge in [-0.15, -0.1) is 0 Å². The third-order valence-electron chi connectivity index (χ3n) is 6.02. The molecule has 0 N–H and O–H groups in total. The minimum Gasteiger partial charge on any atom is -0.493 e. The van der Waals surface area contributed by atoms with Gasteiger partial charge in [0.2, 0.25) is 5.75 Å². The third-order valence-corrected chi connectivity index (χ3v) is 6.02. The Morgan fingerprint density at radius 1 is 0.923 bits per heavy atom. The van der Waals surface area contributed by atoms with Gasteiger partial charge in [-0.25, -0.2) is 4.98 Å². The Kier molecular flexibility index (Phi) is 9.45. The highest BCUT2D eigenvalue weighted by Gasteiger charge is 2.32. The summed E-state index contributed by atoms with van der Waals surface area (Å²) in [4.78, 5) is 41.5. The van der Waals surface area contributed by atoms with Gasteiger partial charge >= 0.3 is 18.1 Å². The average Bonchev–Trinajstić information content (AvgIpc) is 2.89. The molecule has 0 saturated heterocycles. The minimum atomic E-state index is -4.48. The number of carbonyl (C=O) groups is 3. The van der Waals surface area contributed by atoms with Gasteiger partial charge in [-0.05, 0) is 30.2 Å². The zero-order valence-corrected chi connectivity index (χ0v) is 21.8. The van der Waals surface area contributed by atoms with E-state index >= 15 is 0 Å². The van der Waals surface area contributed by atoms with Crippen LogP contribution >= 0.6 is 0 Å². The van der Waals surface area contributed by atoms with Crippen molar-refractivity contribution in [3.63, 3.8) is 0 Å². The number of pyridine rings is 1. The first-order valence-electron chi connectivity index (χ1n) is 12.1. The van der Waals surface area contributed by atoms with E-state index in [1.807, 2.05) is 0 Å². The number of methoxy groups -OCH3 is 1. The molecule has 2 aromatic carbocycles. The molecule has 0 amide bonds. The maximum absolute atomic E-state index is 13.1. The van der Waals surface area contributed by atoms with Gasteiger partial charge in [-0.3, -0.25) is 14.4 Å². The van der Waals surface area contributed by atoms with Crippen LogP contribution in [0.4, 0.5) is 13.2 Å². The molecule has 0 bridgehead atoms. The number of hydrogen-bond donors (Lipinski definition) is 0. The Labute approximate surface area is 223 Å². The standard InChI is InChI=1S/C29H28F3NO6/c1-17(16-23(35)26-27(39-19(3)34)24(37-4)14-15-33-26)28(36)38-18(2)25(20-8-6-5-7-9-20)21-10-12-22(13-11-21)29(30,31)32/h5-15,17-18,25H,16H2,1-4H3/t17-,18+,25+/m1/s1. The fraction of sp³-hybridized carbons (Fsp3) is 0.310. The molecular weight excluding hydrogens is 515 g/mol. The first kappa shape index (κ1) is 29.3. The number of Topliss-reactive ketones (excluding diaryl/α,β-unsaturated/α-hetero) is 1. The Hall–Kier alpha value is -4.21. The third kappa shape index (κ3) is 7.43. The normalized spacial score (nSPS) is 13.6. The number of halogens is 3. The van der Waals surface area contributed by atoms with Crippen LogP contribution in [0.15, 0.2) is 66.9 Å². The van der Waals surface area contributed by atoms with Gasteiger partial charge in [-0.1, -0.05) is 49.4 Å². The Balaban J connectivity index is 1.79. The molecule has 0 saturated carbocycles. The van der Waals surface area contributed by atoms with Gasteiger partial charge < -0.3 is 14.2 Å². The van der Waals surface area contributed by atoms with Crippen LogP contribution in [0, 0.1) is 5.92 Å². The zero-order chi connectivity index (χ0) is 28.7. The highest BCUT2D eigenvalue weighted by molar-refractivity contribution is 5.99. The van der Waals surface area contributed by atoms with Crippen LogP contribution in [0.1, 0.15) is 60.3 Å². The molecule has 10 heteroatoms. The summed E-state index contributed by atoms with van der Waals surface area (Å²) in [6.07, 6.45) is -4.23. The van der Waals surface area contributed by atoms with Gasteiger partial charge in [0.25, 0.3) is 0 Å². The summed E-state index contributed by atoms with van der Waals surface area (Å²) < 4.78 is 55.2. The van der Waals surface area contributed by atoms with Crippen molar-refractivity contribution in [1.82, 2.24) is 4.98 Å². The van der Waals surface area contributed by atoms with E-state index in [4.69, 9.17) is 14.2 Å². The second-order valence-electron chi connectivity index (χ2n) is 8.96. The van der Waals surface area contributed by atoms with E-state index in [1.165, 1.54) is 45.4 Å². The van der Waals surface area contributed by atoms with Crippen LogP contribution in [0.5, 0.6) is 11.5 Å². The van der Waals surface area contributed by atoms with Crippen molar-refractivity contribution in [2.24, 2.45) is 5.92 Å². The molecule has 0 aliphatic carbocycles. The highest BCUT2D eigenvalue weighted by Crippen LogP contribution is 2.35. The van der Waals surface area contributed by atoms with E-state index in [0.717, 1.165) is 17.7 Å². The highest BCUT2D eigenvalue weighted by atomic mass is 19.4. The molecule has 0 aliphatic rings. The van der Waals surface area contributed by atoms with Gasteiger partial charge in [-0.2, -0.15) is 13.2 Å². The van der Waals surface area contributed by atoms with Crippen LogP contribution in [0.2, 0.25) is 0 Å². The van der Waals surface area contributed by atoms with E-state index in [2.05, 4.69) is 4.98 Å². The molecule has 1 aromatic heterocycles. The number of esters is 2. The first-order valence-corrected chi connectivity index (χ1v) is 12.1. The molecule has 1 heterocycles. The molecule has 7 nitrogen and oxygen atoms in total. The molecule has 39 heavy (non-hydrogen) atoms. The number of benzene rings is 2. The number of ether oxygens (including phenoxy) is 3. The summed E-state index contributed by atoms with van der Waals surface area (Å²) in [6.45, 7) is 4.32. The number of alkyl halides is 3. The summed E-state index contributed by atoms with van der Waals surface area (Å²) in [7, 11) is 1.35. The second kappa shape index (κ2) is 12.6.